The lowest BCUT2D eigenvalue weighted by molar-refractivity contribution is 0.0950. The molecule has 0 bridgehead atoms. The van der Waals surface area contributed by atoms with E-state index in [1.165, 1.54) is 12.8 Å². The van der Waals surface area contributed by atoms with Gasteiger partial charge in [0.2, 0.25) is 0 Å². The summed E-state index contributed by atoms with van der Waals surface area (Å²) in [5.74, 6) is -0.143. The van der Waals surface area contributed by atoms with Gasteiger partial charge in [-0.2, -0.15) is 0 Å². The molecule has 0 radical (unpaired) electrons. The predicted molar refractivity (Wildman–Crippen MR) is 125 cm³/mol. The number of imidazole rings is 1. The SMILES string of the molecule is CCCC(C)(CC)CCNS(=O)c1ccc(CNC(=O)c2ccc3nccn3c2)cc1. The normalized spacial score (nSPS) is 14.3. The lowest BCUT2D eigenvalue weighted by Crippen LogP contribution is -2.25. The minimum absolute atomic E-state index is 0.143. The number of aromatic nitrogens is 2. The van der Waals surface area contributed by atoms with Crippen LogP contribution in [0.5, 0.6) is 0 Å². The molecular formula is C24H32N4O2S. The summed E-state index contributed by atoms with van der Waals surface area (Å²) in [6.07, 6.45) is 9.78. The number of hydrogen-bond acceptors (Lipinski definition) is 3. The number of amides is 1. The van der Waals surface area contributed by atoms with Crippen LogP contribution in [0.1, 0.15) is 62.4 Å². The highest BCUT2D eigenvalue weighted by molar-refractivity contribution is 7.83. The first-order valence-corrected chi connectivity index (χ1v) is 12.0. The van der Waals surface area contributed by atoms with E-state index >= 15 is 0 Å². The maximum absolute atomic E-state index is 12.5. The maximum Gasteiger partial charge on any atom is 0.253 e. The van der Waals surface area contributed by atoms with E-state index in [0.717, 1.165) is 35.5 Å². The van der Waals surface area contributed by atoms with Gasteiger partial charge in [-0.3, -0.25) is 4.79 Å². The Balaban J connectivity index is 1.49. The van der Waals surface area contributed by atoms with E-state index in [2.05, 4.69) is 35.8 Å². The number of benzene rings is 1. The van der Waals surface area contributed by atoms with Gasteiger partial charge in [-0.05, 0) is 48.1 Å². The minimum Gasteiger partial charge on any atom is -0.348 e. The van der Waals surface area contributed by atoms with E-state index in [0.29, 0.717) is 17.5 Å². The molecule has 3 aromatic rings. The van der Waals surface area contributed by atoms with Gasteiger partial charge in [-0.15, -0.1) is 0 Å². The highest BCUT2D eigenvalue weighted by Gasteiger charge is 2.20. The van der Waals surface area contributed by atoms with Gasteiger partial charge in [0.15, 0.2) is 0 Å². The number of hydrogen-bond donors (Lipinski definition) is 2. The van der Waals surface area contributed by atoms with Crippen LogP contribution in [0.3, 0.4) is 0 Å². The van der Waals surface area contributed by atoms with Crippen molar-refractivity contribution < 1.29 is 9.00 Å². The van der Waals surface area contributed by atoms with Crippen LogP contribution in [0.25, 0.3) is 5.65 Å². The molecule has 3 rings (SSSR count). The van der Waals surface area contributed by atoms with Crippen LogP contribution in [0.15, 0.2) is 59.9 Å². The van der Waals surface area contributed by atoms with E-state index in [4.69, 9.17) is 0 Å². The molecule has 0 fully saturated rings. The molecule has 0 aliphatic rings. The Morgan fingerprint density at radius 3 is 2.61 bits per heavy atom. The van der Waals surface area contributed by atoms with Crippen molar-refractivity contribution in [3.05, 3.63) is 66.1 Å². The molecule has 2 unspecified atom stereocenters. The van der Waals surface area contributed by atoms with Crippen LogP contribution in [0, 0.1) is 5.41 Å². The molecular weight excluding hydrogens is 408 g/mol. The summed E-state index contributed by atoms with van der Waals surface area (Å²) in [6.45, 7) is 7.88. The maximum atomic E-state index is 12.5. The molecule has 2 atom stereocenters. The summed E-state index contributed by atoms with van der Waals surface area (Å²) in [6, 6.07) is 11.1. The Hall–Kier alpha value is -2.51. The second-order valence-corrected chi connectivity index (χ2v) is 9.56. The van der Waals surface area contributed by atoms with E-state index in [-0.39, 0.29) is 5.91 Å². The van der Waals surface area contributed by atoms with E-state index in [1.807, 2.05) is 40.9 Å². The molecule has 166 valence electrons. The van der Waals surface area contributed by atoms with Crippen LogP contribution in [-0.4, -0.2) is 26.0 Å². The molecule has 2 heterocycles. The Kier molecular flexibility index (Phi) is 7.98. The summed E-state index contributed by atoms with van der Waals surface area (Å²) in [4.78, 5) is 17.3. The van der Waals surface area contributed by atoms with Gasteiger partial charge >= 0.3 is 0 Å². The van der Waals surface area contributed by atoms with Crippen molar-refractivity contribution in [1.29, 1.82) is 0 Å². The van der Waals surface area contributed by atoms with E-state index < -0.39 is 11.0 Å². The molecule has 0 aliphatic heterocycles. The van der Waals surface area contributed by atoms with Crippen molar-refractivity contribution in [2.45, 2.75) is 57.9 Å². The third-order valence-corrected chi connectivity index (χ3v) is 7.08. The van der Waals surface area contributed by atoms with Gasteiger partial charge in [0.25, 0.3) is 5.91 Å². The molecule has 1 aromatic carbocycles. The number of fused-ring (bicyclic) bond motifs is 1. The number of nitrogens with zero attached hydrogens (tertiary/aromatic N) is 2. The Morgan fingerprint density at radius 2 is 1.90 bits per heavy atom. The van der Waals surface area contributed by atoms with Gasteiger partial charge in [-0.25, -0.2) is 13.9 Å². The van der Waals surface area contributed by atoms with Crippen molar-refractivity contribution >= 4 is 22.5 Å². The molecule has 0 saturated heterocycles. The second-order valence-electron chi connectivity index (χ2n) is 8.26. The van der Waals surface area contributed by atoms with Crippen LogP contribution < -0.4 is 10.0 Å². The molecule has 0 spiro atoms. The number of carbonyl (C=O) groups is 1. The van der Waals surface area contributed by atoms with Crippen molar-refractivity contribution in [2.24, 2.45) is 5.41 Å². The first kappa shape index (κ1) is 23.2. The fourth-order valence-corrected chi connectivity index (χ4v) is 4.52. The van der Waals surface area contributed by atoms with Crippen molar-refractivity contribution in [2.75, 3.05) is 6.54 Å². The zero-order valence-corrected chi connectivity index (χ0v) is 19.4. The highest BCUT2D eigenvalue weighted by atomic mass is 32.2. The summed E-state index contributed by atoms with van der Waals surface area (Å²) < 4.78 is 17.5. The molecule has 31 heavy (non-hydrogen) atoms. The topological polar surface area (TPSA) is 75.5 Å². The van der Waals surface area contributed by atoms with Crippen LogP contribution in [-0.2, 0) is 17.5 Å². The zero-order valence-electron chi connectivity index (χ0n) is 18.6. The molecule has 6 nitrogen and oxygen atoms in total. The van der Waals surface area contributed by atoms with Gasteiger partial charge in [0.1, 0.15) is 16.6 Å². The predicted octanol–water partition coefficient (Wildman–Crippen LogP) is 4.48. The summed E-state index contributed by atoms with van der Waals surface area (Å²) >= 11 is 0. The standard InChI is InChI=1S/C24H32N4O2S/c1-4-12-24(3,5-2)13-14-27-31(30)21-9-6-19(7-10-21)17-26-23(29)20-8-11-22-25-15-16-28(22)18-20/h6-11,15-16,18,27H,4-5,12-14,17H2,1-3H3,(H,26,29). The van der Waals surface area contributed by atoms with Crippen molar-refractivity contribution in [3.8, 4) is 0 Å². The fraction of sp³-hybridized carbons (Fsp3) is 0.417. The van der Waals surface area contributed by atoms with Crippen molar-refractivity contribution in [3.63, 3.8) is 0 Å². The average molecular weight is 441 g/mol. The molecule has 1 amide bonds. The fourth-order valence-electron chi connectivity index (χ4n) is 3.68. The third kappa shape index (κ3) is 6.24. The quantitative estimate of drug-likeness (QED) is 0.461. The summed E-state index contributed by atoms with van der Waals surface area (Å²) in [5, 5.41) is 2.93. The van der Waals surface area contributed by atoms with Gasteiger partial charge in [0.05, 0.1) is 10.5 Å². The van der Waals surface area contributed by atoms with Crippen LogP contribution in [0.4, 0.5) is 0 Å². The van der Waals surface area contributed by atoms with Gasteiger partial charge in [-0.1, -0.05) is 45.7 Å². The van der Waals surface area contributed by atoms with E-state index in [1.54, 1.807) is 18.5 Å². The monoisotopic (exact) mass is 440 g/mol. The number of pyridine rings is 1. The third-order valence-electron chi connectivity index (χ3n) is 5.91. The number of carbonyl (C=O) groups excluding carboxylic acids is 1. The van der Waals surface area contributed by atoms with Crippen LogP contribution >= 0.6 is 0 Å². The van der Waals surface area contributed by atoms with Gasteiger partial charge in [0, 0.05) is 31.7 Å². The molecule has 2 N–H and O–H groups in total. The first-order valence-electron chi connectivity index (χ1n) is 10.9. The largest absolute Gasteiger partial charge is 0.348 e. The first-order chi connectivity index (χ1) is 14.9. The Labute approximate surface area is 187 Å². The Bertz CT molecular complexity index is 1030. The molecule has 7 heteroatoms. The smallest absolute Gasteiger partial charge is 0.253 e. The summed E-state index contributed by atoms with van der Waals surface area (Å²) in [7, 11) is -1.23. The second kappa shape index (κ2) is 10.7. The average Bonchev–Trinajstić information content (AvgIpc) is 3.26. The molecule has 0 aliphatic carbocycles. The Morgan fingerprint density at radius 1 is 1.13 bits per heavy atom. The lowest BCUT2D eigenvalue weighted by Gasteiger charge is -2.27. The molecule has 0 saturated carbocycles. The zero-order chi connectivity index (χ0) is 22.3. The number of rotatable bonds is 11. The minimum atomic E-state index is -1.23. The summed E-state index contributed by atoms with van der Waals surface area (Å²) in [5.41, 5.74) is 2.64. The molecule has 2 aromatic heterocycles. The van der Waals surface area contributed by atoms with Crippen molar-refractivity contribution in [1.82, 2.24) is 19.4 Å². The van der Waals surface area contributed by atoms with E-state index in [9.17, 15) is 9.00 Å². The lowest BCUT2D eigenvalue weighted by atomic mass is 9.80. The van der Waals surface area contributed by atoms with Crippen LogP contribution in [0.2, 0.25) is 0 Å². The van der Waals surface area contributed by atoms with Gasteiger partial charge < -0.3 is 9.72 Å². The number of nitrogens with one attached hydrogen (secondary N) is 2. The highest BCUT2D eigenvalue weighted by Crippen LogP contribution is 2.30.